The molecule has 2 N–H and O–H groups in total. The smallest absolute Gasteiger partial charge is 0.133 e. The van der Waals surface area contributed by atoms with Crippen molar-refractivity contribution in [3.8, 4) is 0 Å². The van der Waals surface area contributed by atoms with Gasteiger partial charge in [0.15, 0.2) is 0 Å². The van der Waals surface area contributed by atoms with E-state index in [0.29, 0.717) is 12.2 Å². The molecule has 0 unspecified atom stereocenters. The minimum atomic E-state index is 0.144. The predicted octanol–water partition coefficient (Wildman–Crippen LogP) is 2.51. The third-order valence-electron chi connectivity index (χ3n) is 1.89. The summed E-state index contributed by atoms with van der Waals surface area (Å²) < 4.78 is 0. The highest BCUT2D eigenvalue weighted by Gasteiger charge is 2.14. The summed E-state index contributed by atoms with van der Waals surface area (Å²) in [6.45, 7) is 7.05. The van der Waals surface area contributed by atoms with Crippen molar-refractivity contribution in [2.24, 2.45) is 11.1 Å². The number of rotatable bonds is 6. The zero-order valence-electron chi connectivity index (χ0n) is 9.23. The number of hydrogen-bond acceptors (Lipinski definition) is 2. The minimum absolute atomic E-state index is 0.144. The van der Waals surface area contributed by atoms with E-state index in [1.807, 2.05) is 0 Å². The number of hydrogen-bond donors (Lipinski definition) is 1. The molecule has 0 atom stereocenters. The summed E-state index contributed by atoms with van der Waals surface area (Å²) in [4.78, 5) is 11.4. The third-order valence-corrected chi connectivity index (χ3v) is 1.89. The van der Waals surface area contributed by atoms with Crippen LogP contribution in [0.3, 0.4) is 0 Å². The summed E-state index contributed by atoms with van der Waals surface area (Å²) in [6, 6.07) is 0. The monoisotopic (exact) mass is 185 g/mol. The molecule has 0 aliphatic rings. The summed E-state index contributed by atoms with van der Waals surface area (Å²) in [6.07, 6.45) is 4.58. The van der Waals surface area contributed by atoms with Crippen molar-refractivity contribution in [3.63, 3.8) is 0 Å². The van der Waals surface area contributed by atoms with Gasteiger partial charge in [-0.15, -0.1) is 0 Å². The van der Waals surface area contributed by atoms with Crippen LogP contribution in [0.4, 0.5) is 0 Å². The second kappa shape index (κ2) is 6.14. The van der Waals surface area contributed by atoms with Crippen LogP contribution in [0.5, 0.6) is 0 Å². The second-order valence-electron chi connectivity index (χ2n) is 4.88. The highest BCUT2D eigenvalue weighted by Crippen LogP contribution is 2.20. The van der Waals surface area contributed by atoms with Crippen LogP contribution in [0.1, 0.15) is 52.9 Å². The molecule has 0 saturated heterocycles. The van der Waals surface area contributed by atoms with Gasteiger partial charge in [0.1, 0.15) is 5.78 Å². The summed E-state index contributed by atoms with van der Waals surface area (Å²) in [5.74, 6) is 0.393. The molecule has 13 heavy (non-hydrogen) atoms. The average Bonchev–Trinajstić information content (AvgIpc) is 1.94. The Hall–Kier alpha value is -0.370. The second-order valence-corrected chi connectivity index (χ2v) is 4.88. The standard InChI is InChI=1S/C11H23NO/c1-11(2,3)9-10(13)7-5-4-6-8-12/h4-9,12H2,1-3H3. The van der Waals surface area contributed by atoms with E-state index in [9.17, 15) is 4.79 Å². The van der Waals surface area contributed by atoms with E-state index >= 15 is 0 Å². The van der Waals surface area contributed by atoms with Crippen LogP contribution in [0, 0.1) is 5.41 Å². The van der Waals surface area contributed by atoms with Crippen LogP contribution >= 0.6 is 0 Å². The van der Waals surface area contributed by atoms with E-state index in [-0.39, 0.29) is 5.41 Å². The Morgan fingerprint density at radius 1 is 1.15 bits per heavy atom. The Kier molecular flexibility index (Phi) is 5.97. The Balaban J connectivity index is 3.41. The summed E-state index contributed by atoms with van der Waals surface area (Å²) >= 11 is 0. The van der Waals surface area contributed by atoms with E-state index in [1.165, 1.54) is 0 Å². The van der Waals surface area contributed by atoms with Crippen molar-refractivity contribution in [1.82, 2.24) is 0 Å². The number of carbonyl (C=O) groups is 1. The number of carbonyl (C=O) groups excluding carboxylic acids is 1. The summed E-state index contributed by atoms with van der Waals surface area (Å²) in [5, 5.41) is 0. The van der Waals surface area contributed by atoms with Gasteiger partial charge in [-0.1, -0.05) is 27.2 Å². The van der Waals surface area contributed by atoms with Crippen molar-refractivity contribution in [3.05, 3.63) is 0 Å². The van der Waals surface area contributed by atoms with Crippen molar-refractivity contribution < 1.29 is 4.79 Å². The van der Waals surface area contributed by atoms with Crippen molar-refractivity contribution >= 4 is 5.78 Å². The topological polar surface area (TPSA) is 43.1 Å². The summed E-state index contributed by atoms with van der Waals surface area (Å²) in [5.41, 5.74) is 5.51. The third kappa shape index (κ3) is 9.54. The molecular weight excluding hydrogens is 162 g/mol. The fourth-order valence-electron chi connectivity index (χ4n) is 1.32. The lowest BCUT2D eigenvalue weighted by atomic mass is 9.88. The fraction of sp³-hybridized carbons (Fsp3) is 0.909. The molecule has 0 aliphatic carbocycles. The van der Waals surface area contributed by atoms with Crippen molar-refractivity contribution in [1.29, 1.82) is 0 Å². The molecule has 78 valence electrons. The molecule has 0 aliphatic heterocycles. The lowest BCUT2D eigenvalue weighted by Gasteiger charge is -2.16. The van der Waals surface area contributed by atoms with E-state index in [1.54, 1.807) is 0 Å². The maximum Gasteiger partial charge on any atom is 0.133 e. The zero-order chi connectivity index (χ0) is 10.3. The van der Waals surface area contributed by atoms with Gasteiger partial charge < -0.3 is 5.73 Å². The molecule has 0 saturated carbocycles. The Morgan fingerprint density at radius 3 is 2.23 bits per heavy atom. The van der Waals surface area contributed by atoms with Crippen LogP contribution in [-0.4, -0.2) is 12.3 Å². The number of Topliss-reactive ketones (excluding diaryl/α,β-unsaturated/α-hetero) is 1. The molecule has 0 spiro atoms. The van der Waals surface area contributed by atoms with Gasteiger partial charge in [0.25, 0.3) is 0 Å². The number of nitrogens with two attached hydrogens (primary N) is 1. The molecule has 0 rings (SSSR count). The highest BCUT2D eigenvalue weighted by molar-refractivity contribution is 5.78. The van der Waals surface area contributed by atoms with E-state index < -0.39 is 0 Å². The van der Waals surface area contributed by atoms with Gasteiger partial charge in [-0.25, -0.2) is 0 Å². The first-order valence-corrected chi connectivity index (χ1v) is 5.17. The van der Waals surface area contributed by atoms with Gasteiger partial charge in [0.2, 0.25) is 0 Å². The van der Waals surface area contributed by atoms with E-state index in [4.69, 9.17) is 5.73 Å². The molecule has 0 fully saturated rings. The average molecular weight is 185 g/mol. The molecule has 0 radical (unpaired) electrons. The van der Waals surface area contributed by atoms with Gasteiger partial charge >= 0.3 is 0 Å². The first-order valence-electron chi connectivity index (χ1n) is 5.17. The van der Waals surface area contributed by atoms with E-state index in [2.05, 4.69) is 20.8 Å². The molecular formula is C11H23NO. The van der Waals surface area contributed by atoms with Crippen LogP contribution in [-0.2, 0) is 4.79 Å². The van der Waals surface area contributed by atoms with Crippen LogP contribution < -0.4 is 5.73 Å². The maximum atomic E-state index is 11.4. The normalized spacial score (nSPS) is 11.7. The van der Waals surface area contributed by atoms with Gasteiger partial charge in [-0.2, -0.15) is 0 Å². The molecule has 0 bridgehead atoms. The van der Waals surface area contributed by atoms with Gasteiger partial charge in [0, 0.05) is 12.8 Å². The van der Waals surface area contributed by atoms with Crippen LogP contribution in [0.25, 0.3) is 0 Å². The molecule has 2 nitrogen and oxygen atoms in total. The quantitative estimate of drug-likeness (QED) is 0.646. The Labute approximate surface area is 81.9 Å². The predicted molar refractivity (Wildman–Crippen MR) is 56.6 cm³/mol. The Morgan fingerprint density at radius 2 is 1.77 bits per heavy atom. The zero-order valence-corrected chi connectivity index (χ0v) is 9.23. The van der Waals surface area contributed by atoms with Crippen LogP contribution in [0.2, 0.25) is 0 Å². The van der Waals surface area contributed by atoms with Gasteiger partial charge in [-0.3, -0.25) is 4.79 Å². The SMILES string of the molecule is CC(C)(C)CC(=O)CCCCCN. The molecule has 0 heterocycles. The highest BCUT2D eigenvalue weighted by atomic mass is 16.1. The lowest BCUT2D eigenvalue weighted by Crippen LogP contribution is -2.12. The molecule has 2 heteroatoms. The number of ketones is 1. The van der Waals surface area contributed by atoms with Gasteiger partial charge in [0.05, 0.1) is 0 Å². The maximum absolute atomic E-state index is 11.4. The Bertz CT molecular complexity index is 147. The van der Waals surface area contributed by atoms with Gasteiger partial charge in [-0.05, 0) is 24.8 Å². The van der Waals surface area contributed by atoms with Crippen molar-refractivity contribution in [2.75, 3.05) is 6.54 Å². The first-order chi connectivity index (χ1) is 5.95. The van der Waals surface area contributed by atoms with E-state index in [0.717, 1.165) is 32.2 Å². The molecule has 0 aromatic rings. The lowest BCUT2D eigenvalue weighted by molar-refractivity contribution is -0.120. The largest absolute Gasteiger partial charge is 0.330 e. The summed E-state index contributed by atoms with van der Waals surface area (Å²) in [7, 11) is 0. The van der Waals surface area contributed by atoms with Crippen molar-refractivity contribution in [2.45, 2.75) is 52.9 Å². The number of unbranched alkanes of at least 4 members (excludes halogenated alkanes) is 2. The molecule has 0 aromatic heterocycles. The van der Waals surface area contributed by atoms with Crippen LogP contribution in [0.15, 0.2) is 0 Å². The fourth-order valence-corrected chi connectivity index (χ4v) is 1.32. The minimum Gasteiger partial charge on any atom is -0.330 e. The molecule has 0 amide bonds. The first kappa shape index (κ1) is 12.6. The molecule has 0 aromatic carbocycles.